The van der Waals surface area contributed by atoms with Gasteiger partial charge in [0.2, 0.25) is 5.91 Å². The van der Waals surface area contributed by atoms with Crippen molar-refractivity contribution in [3.05, 3.63) is 59.7 Å². The van der Waals surface area contributed by atoms with Crippen LogP contribution in [0, 0.1) is 5.82 Å². The number of esters is 1. The summed E-state index contributed by atoms with van der Waals surface area (Å²) in [5, 5.41) is 6.62. The van der Waals surface area contributed by atoms with Gasteiger partial charge in [-0.25, -0.2) is 14.4 Å². The van der Waals surface area contributed by atoms with E-state index in [1.54, 1.807) is 24.3 Å². The molecule has 0 spiro atoms. The Kier molecular flexibility index (Phi) is 9.28. The Hall–Kier alpha value is -3.80. The Bertz CT molecular complexity index is 1450. The number of hydrogen-bond acceptors (Lipinski definition) is 9. The molecule has 3 aromatic rings. The number of cyclic esters (lactones) is 1. The summed E-state index contributed by atoms with van der Waals surface area (Å²) in [7, 11) is 0. The molecule has 1 unspecified atom stereocenters. The van der Waals surface area contributed by atoms with Crippen LogP contribution in [0.1, 0.15) is 26.2 Å². The van der Waals surface area contributed by atoms with Crippen LogP contribution in [0.4, 0.5) is 21.6 Å². The summed E-state index contributed by atoms with van der Waals surface area (Å²) in [6.45, 7) is 4.06. The molecule has 10 nitrogen and oxygen atoms in total. The first kappa shape index (κ1) is 28.7. The number of nitrogens with zero attached hydrogens (tertiary/aromatic N) is 3. The van der Waals surface area contributed by atoms with Gasteiger partial charge in [-0.2, -0.15) is 0 Å². The Morgan fingerprint density at radius 3 is 2.93 bits per heavy atom. The minimum atomic E-state index is -0.527. The number of halogens is 2. The zero-order chi connectivity index (χ0) is 28.8. The fourth-order valence-corrected chi connectivity index (χ4v) is 4.95. The van der Waals surface area contributed by atoms with E-state index < -0.39 is 5.82 Å². The van der Waals surface area contributed by atoms with Gasteiger partial charge in [0, 0.05) is 42.9 Å². The topological polar surface area (TPSA) is 115 Å². The number of anilines is 3. The number of aromatic nitrogens is 2. The molecular formula is C29H31ClFN5O5. The average Bonchev–Trinajstić information content (AvgIpc) is 2.94. The minimum Gasteiger partial charge on any atom is -0.489 e. The highest BCUT2D eigenvalue weighted by molar-refractivity contribution is 6.31. The highest BCUT2D eigenvalue weighted by Gasteiger charge is 2.22. The van der Waals surface area contributed by atoms with Crippen LogP contribution in [0.25, 0.3) is 10.9 Å². The number of amides is 1. The summed E-state index contributed by atoms with van der Waals surface area (Å²) < 4.78 is 30.8. The van der Waals surface area contributed by atoms with Crippen molar-refractivity contribution in [2.24, 2.45) is 0 Å². The summed E-state index contributed by atoms with van der Waals surface area (Å²) in [6.07, 6.45) is 7.30. The number of carbonyl (C=O) groups is 2. The first-order valence-electron chi connectivity index (χ1n) is 13.5. The van der Waals surface area contributed by atoms with Crippen molar-refractivity contribution in [1.82, 2.24) is 14.9 Å². The van der Waals surface area contributed by atoms with Gasteiger partial charge in [-0.15, -0.1) is 0 Å². The van der Waals surface area contributed by atoms with Gasteiger partial charge in [0.15, 0.2) is 0 Å². The monoisotopic (exact) mass is 583 g/mol. The molecule has 12 heteroatoms. The lowest BCUT2D eigenvalue weighted by atomic mass is 10.1. The Labute approximate surface area is 241 Å². The molecule has 2 saturated heterocycles. The van der Waals surface area contributed by atoms with Crippen molar-refractivity contribution in [3.63, 3.8) is 0 Å². The maximum Gasteiger partial charge on any atom is 0.320 e. The predicted molar refractivity (Wildman–Crippen MR) is 153 cm³/mol. The predicted octanol–water partition coefficient (Wildman–Crippen LogP) is 4.86. The summed E-state index contributed by atoms with van der Waals surface area (Å²) in [5.41, 5.74) is 1.54. The fraction of sp³-hybridized carbons (Fsp3) is 0.379. The third-order valence-corrected chi connectivity index (χ3v) is 7.00. The number of benzene rings is 2. The Morgan fingerprint density at radius 1 is 1.27 bits per heavy atom. The summed E-state index contributed by atoms with van der Waals surface area (Å²) in [5.74, 6) is -0.294. The van der Waals surface area contributed by atoms with Crippen molar-refractivity contribution >= 4 is 51.6 Å². The molecule has 1 amide bonds. The Morgan fingerprint density at radius 2 is 2.15 bits per heavy atom. The second-order valence-electron chi connectivity index (χ2n) is 10.0. The van der Waals surface area contributed by atoms with E-state index in [1.165, 1.54) is 24.5 Å². The third kappa shape index (κ3) is 7.69. The largest absolute Gasteiger partial charge is 0.489 e. The smallest absolute Gasteiger partial charge is 0.320 e. The van der Waals surface area contributed by atoms with Crippen LogP contribution in [0.15, 0.2) is 48.8 Å². The number of morpholine rings is 1. The molecular weight excluding hydrogens is 553 g/mol. The molecule has 2 fully saturated rings. The Balaban J connectivity index is 1.37. The number of carbonyl (C=O) groups excluding carboxylic acids is 2. The standard InChI is InChI=1S/C29H31ClFN5O5/c1-18-14-36(15-28(38)41-18)9-4-6-27(37)35-25-12-21-24(13-26(25)40-16-20-5-2-3-10-39-20)32-17-33-29(21)34-19-7-8-23(31)22(30)11-19/h4,6-8,11-13,17-18,20H,2-3,5,9-10,14-16H2,1H3,(H,35,37)(H,32,33,34)/t18-,20?/m1/s1. The van der Waals surface area contributed by atoms with E-state index in [1.807, 2.05) is 11.8 Å². The maximum absolute atomic E-state index is 13.7. The van der Waals surface area contributed by atoms with Crippen molar-refractivity contribution < 1.29 is 28.2 Å². The zero-order valence-electron chi connectivity index (χ0n) is 22.6. The number of hydrogen-bond donors (Lipinski definition) is 2. The van der Waals surface area contributed by atoms with Crippen molar-refractivity contribution in [3.8, 4) is 5.75 Å². The summed E-state index contributed by atoms with van der Waals surface area (Å²) in [6, 6.07) is 7.74. The van der Waals surface area contributed by atoms with Gasteiger partial charge in [0.1, 0.15) is 36.4 Å². The molecule has 1 aromatic heterocycles. The molecule has 216 valence electrons. The highest BCUT2D eigenvalue weighted by atomic mass is 35.5. The molecule has 0 aliphatic carbocycles. The third-order valence-electron chi connectivity index (χ3n) is 6.71. The highest BCUT2D eigenvalue weighted by Crippen LogP contribution is 2.34. The van der Waals surface area contributed by atoms with Gasteiger partial charge in [-0.3, -0.25) is 14.5 Å². The molecule has 2 N–H and O–H groups in total. The first-order chi connectivity index (χ1) is 19.8. The molecule has 2 aromatic carbocycles. The van der Waals surface area contributed by atoms with E-state index in [0.717, 1.165) is 19.3 Å². The molecule has 5 rings (SSSR count). The number of rotatable bonds is 9. The van der Waals surface area contributed by atoms with E-state index in [4.69, 9.17) is 25.8 Å². The molecule has 2 aliphatic rings. The molecule has 0 saturated carbocycles. The number of nitrogens with one attached hydrogen (secondary N) is 2. The van der Waals surface area contributed by atoms with Crippen molar-refractivity contribution in [2.75, 3.05) is 43.5 Å². The first-order valence-corrected chi connectivity index (χ1v) is 13.9. The van der Waals surface area contributed by atoms with Gasteiger partial charge < -0.3 is 24.8 Å². The van der Waals surface area contributed by atoms with Gasteiger partial charge >= 0.3 is 5.97 Å². The fourth-order valence-electron chi connectivity index (χ4n) is 4.76. The maximum atomic E-state index is 13.7. The van der Waals surface area contributed by atoms with E-state index in [9.17, 15) is 14.0 Å². The molecule has 0 bridgehead atoms. The minimum absolute atomic E-state index is 0.0235. The van der Waals surface area contributed by atoms with Gasteiger partial charge in [-0.1, -0.05) is 17.7 Å². The number of ether oxygens (including phenoxy) is 3. The molecule has 2 aliphatic heterocycles. The lowest BCUT2D eigenvalue weighted by molar-refractivity contribution is -0.156. The van der Waals surface area contributed by atoms with Crippen LogP contribution in [0.3, 0.4) is 0 Å². The van der Waals surface area contributed by atoms with E-state index in [0.29, 0.717) is 60.1 Å². The average molecular weight is 584 g/mol. The normalized spacial score (nSPS) is 19.7. The van der Waals surface area contributed by atoms with Gasteiger partial charge in [0.25, 0.3) is 0 Å². The van der Waals surface area contributed by atoms with E-state index >= 15 is 0 Å². The molecule has 3 heterocycles. The number of fused-ring (bicyclic) bond motifs is 1. The van der Waals surface area contributed by atoms with Gasteiger partial charge in [0.05, 0.1) is 28.9 Å². The lowest BCUT2D eigenvalue weighted by Gasteiger charge is -2.29. The van der Waals surface area contributed by atoms with Crippen LogP contribution in [0.2, 0.25) is 5.02 Å². The van der Waals surface area contributed by atoms with Gasteiger partial charge in [-0.05, 0) is 50.5 Å². The summed E-state index contributed by atoms with van der Waals surface area (Å²) >= 11 is 5.95. The van der Waals surface area contributed by atoms with Crippen LogP contribution >= 0.6 is 11.6 Å². The lowest BCUT2D eigenvalue weighted by Crippen LogP contribution is -2.44. The van der Waals surface area contributed by atoms with E-state index in [2.05, 4.69) is 20.6 Å². The van der Waals surface area contributed by atoms with E-state index in [-0.39, 0.29) is 35.7 Å². The van der Waals surface area contributed by atoms with Crippen molar-refractivity contribution in [2.45, 2.75) is 38.4 Å². The quantitative estimate of drug-likeness (QED) is 0.269. The summed E-state index contributed by atoms with van der Waals surface area (Å²) in [4.78, 5) is 35.3. The molecule has 0 radical (unpaired) electrons. The van der Waals surface area contributed by atoms with Crippen LogP contribution in [-0.2, 0) is 19.1 Å². The van der Waals surface area contributed by atoms with Crippen LogP contribution in [0.5, 0.6) is 5.75 Å². The molecule has 2 atom stereocenters. The second kappa shape index (κ2) is 13.2. The van der Waals surface area contributed by atoms with Crippen LogP contribution in [-0.4, -0.2) is 71.8 Å². The molecule has 41 heavy (non-hydrogen) atoms. The zero-order valence-corrected chi connectivity index (χ0v) is 23.3. The van der Waals surface area contributed by atoms with Crippen molar-refractivity contribution in [1.29, 1.82) is 0 Å². The van der Waals surface area contributed by atoms with Crippen LogP contribution < -0.4 is 15.4 Å². The second-order valence-corrected chi connectivity index (χ2v) is 10.4. The SMILES string of the molecule is C[C@@H]1CN(CC=CC(=O)Nc2cc3c(Nc4ccc(F)c(Cl)c4)ncnc3cc2OCC2CCCCO2)CC(=O)O1.